The third kappa shape index (κ3) is 4.38. The van der Waals surface area contributed by atoms with Gasteiger partial charge in [-0.15, -0.1) is 10.2 Å². The van der Waals surface area contributed by atoms with Gasteiger partial charge in [-0.1, -0.05) is 41.9 Å². The van der Waals surface area contributed by atoms with E-state index in [9.17, 15) is 8.42 Å². The Morgan fingerprint density at radius 2 is 1.70 bits per heavy atom. The summed E-state index contributed by atoms with van der Waals surface area (Å²) in [5.41, 5.74) is 2.07. The fraction of sp³-hybridized carbons (Fsp3) is 0.100. The summed E-state index contributed by atoms with van der Waals surface area (Å²) in [7, 11) is -3.83. The van der Waals surface area contributed by atoms with E-state index in [0.29, 0.717) is 22.1 Å². The molecule has 10 heteroatoms. The van der Waals surface area contributed by atoms with Gasteiger partial charge in [0.25, 0.3) is 0 Å². The summed E-state index contributed by atoms with van der Waals surface area (Å²) in [6.07, 6.45) is 1.63. The van der Waals surface area contributed by atoms with Gasteiger partial charge in [0.1, 0.15) is 0 Å². The van der Waals surface area contributed by atoms with Crippen LogP contribution in [0.1, 0.15) is 11.3 Å². The molecule has 0 saturated heterocycles. The van der Waals surface area contributed by atoms with Crippen LogP contribution in [0.2, 0.25) is 5.02 Å². The predicted molar refractivity (Wildman–Crippen MR) is 112 cm³/mol. The van der Waals surface area contributed by atoms with E-state index in [1.54, 1.807) is 30.5 Å². The Hall–Kier alpha value is -3.14. The van der Waals surface area contributed by atoms with Crippen LogP contribution in [0.4, 0.5) is 0 Å². The molecule has 2 heterocycles. The molecule has 4 rings (SSSR count). The molecule has 0 fully saturated rings. The van der Waals surface area contributed by atoms with Crippen LogP contribution in [0, 0.1) is 0 Å². The summed E-state index contributed by atoms with van der Waals surface area (Å²) in [6.45, 7) is 0.207. The zero-order valence-electron chi connectivity index (χ0n) is 15.7. The van der Waals surface area contributed by atoms with Gasteiger partial charge in [0, 0.05) is 23.3 Å². The van der Waals surface area contributed by atoms with Gasteiger partial charge in [0.05, 0.1) is 17.1 Å². The third-order valence-corrected chi connectivity index (χ3v) is 6.52. The molecule has 30 heavy (non-hydrogen) atoms. The highest BCUT2D eigenvalue weighted by molar-refractivity contribution is 7.89. The number of benzene rings is 2. The lowest BCUT2D eigenvalue weighted by atomic mass is 10.1. The minimum Gasteiger partial charge on any atom is -0.260 e. The van der Waals surface area contributed by atoms with Gasteiger partial charge < -0.3 is 0 Å². The number of rotatable bonds is 7. The molecule has 0 unspecified atom stereocenters. The number of sulfonamides is 1. The van der Waals surface area contributed by atoms with Gasteiger partial charge >= 0.3 is 0 Å². The van der Waals surface area contributed by atoms with E-state index in [0.717, 1.165) is 5.56 Å². The average Bonchev–Trinajstić information content (AvgIpc) is 3.29. The molecule has 0 saturated carbocycles. The Balaban J connectivity index is 1.74. The van der Waals surface area contributed by atoms with Crippen LogP contribution < -0.4 is 0 Å². The molecule has 0 aliphatic heterocycles. The van der Waals surface area contributed by atoms with Crippen molar-refractivity contribution in [3.63, 3.8) is 0 Å². The number of aromatic amines is 1. The number of tetrazole rings is 1. The standard InChI is InChI=1S/C20H17ClN6O2S/c21-16-8-10-18(11-9-16)30(28,29)27(14-17-6-3-4-12-22-17)13-15-5-1-2-7-19(15)20-23-25-26-24-20/h1-12H,13-14H2,(H,23,24,25,26). The summed E-state index contributed by atoms with van der Waals surface area (Å²) >= 11 is 5.94. The van der Waals surface area contributed by atoms with Crippen molar-refractivity contribution in [2.24, 2.45) is 0 Å². The van der Waals surface area contributed by atoms with Crippen LogP contribution in [-0.2, 0) is 23.1 Å². The van der Waals surface area contributed by atoms with Crippen LogP contribution >= 0.6 is 11.6 Å². The lowest BCUT2D eigenvalue weighted by Gasteiger charge is -2.23. The number of H-pyrrole nitrogens is 1. The molecule has 8 nitrogen and oxygen atoms in total. The van der Waals surface area contributed by atoms with Crippen molar-refractivity contribution in [1.82, 2.24) is 29.9 Å². The highest BCUT2D eigenvalue weighted by Gasteiger charge is 2.26. The fourth-order valence-corrected chi connectivity index (χ4v) is 4.51. The largest absolute Gasteiger partial charge is 0.260 e. The number of nitrogens with zero attached hydrogens (tertiary/aromatic N) is 5. The van der Waals surface area contributed by atoms with E-state index in [1.807, 2.05) is 30.3 Å². The molecule has 0 radical (unpaired) electrons. The summed E-state index contributed by atoms with van der Waals surface area (Å²) in [6, 6.07) is 18.8. The molecule has 2 aromatic carbocycles. The molecule has 0 bridgehead atoms. The Morgan fingerprint density at radius 1 is 0.933 bits per heavy atom. The molecule has 2 aromatic heterocycles. The monoisotopic (exact) mass is 440 g/mol. The van der Waals surface area contributed by atoms with Crippen LogP contribution in [0.3, 0.4) is 0 Å². The smallest absolute Gasteiger partial charge is 0.243 e. The maximum atomic E-state index is 13.5. The summed E-state index contributed by atoms with van der Waals surface area (Å²) < 4.78 is 28.3. The van der Waals surface area contributed by atoms with E-state index in [1.165, 1.54) is 16.4 Å². The first-order chi connectivity index (χ1) is 14.5. The minimum absolute atomic E-state index is 0.103. The van der Waals surface area contributed by atoms with Gasteiger partial charge in [-0.3, -0.25) is 4.98 Å². The Bertz CT molecular complexity index is 1220. The zero-order valence-corrected chi connectivity index (χ0v) is 17.3. The number of halogens is 1. The number of hydrogen-bond donors (Lipinski definition) is 1. The topological polar surface area (TPSA) is 105 Å². The van der Waals surface area contributed by atoms with E-state index in [-0.39, 0.29) is 18.0 Å². The van der Waals surface area contributed by atoms with Gasteiger partial charge in [-0.25, -0.2) is 8.42 Å². The van der Waals surface area contributed by atoms with Crippen LogP contribution in [0.25, 0.3) is 11.4 Å². The van der Waals surface area contributed by atoms with Crippen molar-refractivity contribution in [2.45, 2.75) is 18.0 Å². The first-order valence-electron chi connectivity index (χ1n) is 9.01. The first kappa shape index (κ1) is 20.1. The van der Waals surface area contributed by atoms with Crippen molar-refractivity contribution >= 4 is 21.6 Å². The van der Waals surface area contributed by atoms with Crippen molar-refractivity contribution in [1.29, 1.82) is 0 Å². The van der Waals surface area contributed by atoms with E-state index in [4.69, 9.17) is 11.6 Å². The number of pyridine rings is 1. The Kier molecular flexibility index (Phi) is 5.84. The van der Waals surface area contributed by atoms with E-state index >= 15 is 0 Å². The third-order valence-electron chi connectivity index (χ3n) is 4.47. The molecule has 1 N–H and O–H groups in total. The molecule has 0 spiro atoms. The normalized spacial score (nSPS) is 11.7. The molecule has 0 atom stereocenters. The highest BCUT2D eigenvalue weighted by Crippen LogP contribution is 2.26. The molecule has 0 aliphatic rings. The quantitative estimate of drug-likeness (QED) is 0.472. The number of nitrogens with one attached hydrogen (secondary N) is 1. The SMILES string of the molecule is O=S(=O)(c1ccc(Cl)cc1)N(Cc1ccccn1)Cc1ccccc1-c1nn[nH]n1. The second kappa shape index (κ2) is 8.70. The summed E-state index contributed by atoms with van der Waals surface area (Å²) in [5.74, 6) is 0.396. The Labute approximate surface area is 178 Å². The van der Waals surface area contributed by atoms with Crippen molar-refractivity contribution in [3.05, 3.63) is 89.2 Å². The van der Waals surface area contributed by atoms with Gasteiger partial charge in [0.15, 0.2) is 0 Å². The molecule has 0 amide bonds. The molecular weight excluding hydrogens is 424 g/mol. The van der Waals surface area contributed by atoms with Crippen molar-refractivity contribution < 1.29 is 8.42 Å². The van der Waals surface area contributed by atoms with Crippen LogP contribution in [0.15, 0.2) is 77.8 Å². The summed E-state index contributed by atoms with van der Waals surface area (Å²) in [4.78, 5) is 4.44. The minimum atomic E-state index is -3.83. The number of hydrogen-bond acceptors (Lipinski definition) is 6. The first-order valence-corrected chi connectivity index (χ1v) is 10.8. The van der Waals surface area contributed by atoms with E-state index in [2.05, 4.69) is 25.6 Å². The average molecular weight is 441 g/mol. The molecule has 152 valence electrons. The lowest BCUT2D eigenvalue weighted by Crippen LogP contribution is -2.30. The van der Waals surface area contributed by atoms with Gasteiger partial charge in [0.2, 0.25) is 15.8 Å². The summed E-state index contributed by atoms with van der Waals surface area (Å²) in [5, 5.41) is 14.5. The van der Waals surface area contributed by atoms with Gasteiger partial charge in [-0.2, -0.15) is 9.52 Å². The maximum Gasteiger partial charge on any atom is 0.243 e. The Morgan fingerprint density at radius 3 is 2.40 bits per heavy atom. The van der Waals surface area contributed by atoms with Crippen LogP contribution in [-0.4, -0.2) is 38.3 Å². The molecular formula is C20H17ClN6O2S. The molecule has 0 aliphatic carbocycles. The predicted octanol–water partition coefficient (Wildman–Crippen LogP) is 3.31. The lowest BCUT2D eigenvalue weighted by molar-refractivity contribution is 0.397. The van der Waals surface area contributed by atoms with Crippen LogP contribution in [0.5, 0.6) is 0 Å². The molecule has 4 aromatic rings. The fourth-order valence-electron chi connectivity index (χ4n) is 3.00. The van der Waals surface area contributed by atoms with Crippen molar-refractivity contribution in [2.75, 3.05) is 0 Å². The number of aromatic nitrogens is 5. The second-order valence-corrected chi connectivity index (χ2v) is 8.82. The van der Waals surface area contributed by atoms with E-state index < -0.39 is 10.0 Å². The zero-order chi connectivity index (χ0) is 21.0. The van der Waals surface area contributed by atoms with Crippen molar-refractivity contribution in [3.8, 4) is 11.4 Å². The second-order valence-electron chi connectivity index (χ2n) is 6.44. The maximum absolute atomic E-state index is 13.5. The van der Waals surface area contributed by atoms with Gasteiger partial charge in [-0.05, 0) is 47.2 Å². The highest BCUT2D eigenvalue weighted by atomic mass is 35.5.